The van der Waals surface area contributed by atoms with Crippen LogP contribution >= 0.6 is 0 Å². The third kappa shape index (κ3) is 5.25. The first kappa shape index (κ1) is 24.2. The Bertz CT molecular complexity index is 1400. The van der Waals surface area contributed by atoms with Crippen LogP contribution in [0.5, 0.6) is 23.0 Å². The fourth-order valence-corrected chi connectivity index (χ4v) is 3.72. The lowest BCUT2D eigenvalue weighted by molar-refractivity contribution is -0.154. The van der Waals surface area contributed by atoms with Crippen LogP contribution in [-0.2, 0) is 19.3 Å². The van der Waals surface area contributed by atoms with Crippen molar-refractivity contribution in [3.63, 3.8) is 0 Å². The molecule has 182 valence electrons. The SMILES string of the molecule is COc1cccc(Oc2c(C(F)(F)F)oc3c(CN(C)Cc4ccccc4)c(O)ccc3c2=O)c1. The Kier molecular flexibility index (Phi) is 6.70. The zero-order chi connectivity index (χ0) is 25.2. The lowest BCUT2D eigenvalue weighted by atomic mass is 10.1. The van der Waals surface area contributed by atoms with Crippen molar-refractivity contribution < 1.29 is 32.2 Å². The molecular weight excluding hydrogens is 463 g/mol. The van der Waals surface area contributed by atoms with E-state index in [1.54, 1.807) is 18.0 Å². The molecule has 0 saturated carbocycles. The summed E-state index contributed by atoms with van der Waals surface area (Å²) >= 11 is 0. The number of hydrogen-bond donors (Lipinski definition) is 1. The zero-order valence-corrected chi connectivity index (χ0v) is 18.9. The quantitative estimate of drug-likeness (QED) is 0.349. The van der Waals surface area contributed by atoms with Crippen LogP contribution in [0, 0.1) is 0 Å². The number of rotatable bonds is 7. The fourth-order valence-electron chi connectivity index (χ4n) is 3.72. The summed E-state index contributed by atoms with van der Waals surface area (Å²) in [6.45, 7) is 0.498. The van der Waals surface area contributed by atoms with E-state index < -0.39 is 23.1 Å². The summed E-state index contributed by atoms with van der Waals surface area (Å²) in [7, 11) is 3.14. The Hall–Kier alpha value is -3.98. The van der Waals surface area contributed by atoms with Crippen LogP contribution in [0.1, 0.15) is 16.9 Å². The van der Waals surface area contributed by atoms with Gasteiger partial charge in [0.15, 0.2) is 0 Å². The molecule has 0 amide bonds. The van der Waals surface area contributed by atoms with Gasteiger partial charge in [-0.15, -0.1) is 0 Å². The second kappa shape index (κ2) is 9.71. The predicted octanol–water partition coefficient (Wildman–Crippen LogP) is 5.95. The Labute approximate surface area is 198 Å². The van der Waals surface area contributed by atoms with E-state index in [0.29, 0.717) is 12.3 Å². The standard InChI is InChI=1S/C26H22F3NO5/c1-30(14-16-7-4-3-5-8-16)15-20-21(31)12-11-19-22(32)24(25(26(27,28)29)35-23(19)20)34-18-10-6-9-17(13-18)33-2/h3-13,31H,14-15H2,1-2H3. The molecule has 35 heavy (non-hydrogen) atoms. The summed E-state index contributed by atoms with van der Waals surface area (Å²) in [5.41, 5.74) is -0.314. The highest BCUT2D eigenvalue weighted by atomic mass is 19.4. The summed E-state index contributed by atoms with van der Waals surface area (Å²) < 4.78 is 57.6. The third-order valence-corrected chi connectivity index (χ3v) is 5.34. The monoisotopic (exact) mass is 485 g/mol. The van der Waals surface area contributed by atoms with E-state index in [1.165, 1.54) is 37.4 Å². The van der Waals surface area contributed by atoms with Gasteiger partial charge < -0.3 is 19.0 Å². The highest BCUT2D eigenvalue weighted by Crippen LogP contribution is 2.40. The van der Waals surface area contributed by atoms with Gasteiger partial charge in [-0.2, -0.15) is 13.2 Å². The van der Waals surface area contributed by atoms with E-state index in [1.807, 2.05) is 30.3 Å². The Balaban J connectivity index is 1.81. The van der Waals surface area contributed by atoms with Crippen LogP contribution in [-0.4, -0.2) is 24.2 Å². The summed E-state index contributed by atoms with van der Waals surface area (Å²) in [5.74, 6) is -2.55. The third-order valence-electron chi connectivity index (χ3n) is 5.34. The molecule has 0 radical (unpaired) electrons. The highest BCUT2D eigenvalue weighted by Gasteiger charge is 2.41. The maximum atomic E-state index is 14.0. The molecular formula is C26H22F3NO5. The van der Waals surface area contributed by atoms with Crippen LogP contribution < -0.4 is 14.9 Å². The first-order valence-electron chi connectivity index (χ1n) is 10.6. The first-order valence-corrected chi connectivity index (χ1v) is 10.6. The molecule has 0 atom stereocenters. The number of aromatic hydroxyl groups is 1. The van der Waals surface area contributed by atoms with E-state index in [9.17, 15) is 23.1 Å². The van der Waals surface area contributed by atoms with E-state index in [0.717, 1.165) is 5.56 Å². The van der Waals surface area contributed by atoms with Crippen LogP contribution in [0.2, 0.25) is 0 Å². The van der Waals surface area contributed by atoms with Crippen LogP contribution in [0.15, 0.2) is 75.9 Å². The number of phenolic OH excluding ortho intramolecular Hbond substituents is 1. The summed E-state index contributed by atoms with van der Waals surface area (Å²) in [5, 5.41) is 10.3. The van der Waals surface area contributed by atoms with Gasteiger partial charge in [-0.25, -0.2) is 0 Å². The largest absolute Gasteiger partial charge is 0.507 e. The zero-order valence-electron chi connectivity index (χ0n) is 18.9. The topological polar surface area (TPSA) is 72.1 Å². The van der Waals surface area contributed by atoms with E-state index in [-0.39, 0.29) is 34.6 Å². The average molecular weight is 485 g/mol. The predicted molar refractivity (Wildman–Crippen MR) is 124 cm³/mol. The smallest absolute Gasteiger partial charge is 0.453 e. The van der Waals surface area contributed by atoms with Crippen molar-refractivity contribution in [1.82, 2.24) is 4.90 Å². The summed E-state index contributed by atoms with van der Waals surface area (Å²) in [6, 6.07) is 17.8. The average Bonchev–Trinajstić information content (AvgIpc) is 2.82. The van der Waals surface area contributed by atoms with Crippen LogP contribution in [0.3, 0.4) is 0 Å². The van der Waals surface area contributed by atoms with Gasteiger partial charge >= 0.3 is 6.18 Å². The minimum absolute atomic E-state index is 0.0249. The number of hydrogen-bond acceptors (Lipinski definition) is 6. The number of methoxy groups -OCH3 is 1. The van der Waals surface area contributed by atoms with Gasteiger partial charge in [0.1, 0.15) is 22.8 Å². The molecule has 1 heterocycles. The number of alkyl halides is 3. The van der Waals surface area contributed by atoms with Gasteiger partial charge in [-0.3, -0.25) is 9.69 Å². The minimum atomic E-state index is -5.03. The molecule has 0 saturated heterocycles. The van der Waals surface area contributed by atoms with Gasteiger partial charge in [-0.05, 0) is 36.9 Å². The number of benzene rings is 3. The summed E-state index contributed by atoms with van der Waals surface area (Å²) in [6.07, 6.45) is -5.03. The van der Waals surface area contributed by atoms with Crippen molar-refractivity contribution >= 4 is 11.0 Å². The van der Waals surface area contributed by atoms with Crippen molar-refractivity contribution in [3.8, 4) is 23.0 Å². The summed E-state index contributed by atoms with van der Waals surface area (Å²) in [4.78, 5) is 15.0. The fraction of sp³-hybridized carbons (Fsp3) is 0.192. The first-order chi connectivity index (χ1) is 16.7. The Morgan fingerprint density at radius 2 is 1.69 bits per heavy atom. The molecule has 1 N–H and O–H groups in total. The molecule has 0 aliphatic carbocycles. The Morgan fingerprint density at radius 1 is 0.971 bits per heavy atom. The maximum Gasteiger partial charge on any atom is 0.453 e. The van der Waals surface area contributed by atoms with Crippen molar-refractivity contribution in [2.24, 2.45) is 0 Å². The van der Waals surface area contributed by atoms with Crippen molar-refractivity contribution in [2.45, 2.75) is 19.3 Å². The van der Waals surface area contributed by atoms with Gasteiger partial charge in [0.25, 0.3) is 5.76 Å². The molecule has 0 aliphatic rings. The molecule has 4 rings (SSSR count). The number of nitrogens with zero attached hydrogens (tertiary/aromatic N) is 1. The normalized spacial score (nSPS) is 11.7. The lowest BCUT2D eigenvalue weighted by Crippen LogP contribution is -2.19. The van der Waals surface area contributed by atoms with Gasteiger partial charge in [-0.1, -0.05) is 36.4 Å². The minimum Gasteiger partial charge on any atom is -0.507 e. The van der Waals surface area contributed by atoms with Crippen molar-refractivity contribution in [3.05, 3.63) is 93.8 Å². The number of halogens is 3. The molecule has 0 unspecified atom stereocenters. The molecule has 0 bridgehead atoms. The molecule has 3 aromatic carbocycles. The van der Waals surface area contributed by atoms with Crippen molar-refractivity contribution in [2.75, 3.05) is 14.2 Å². The molecule has 0 fully saturated rings. The van der Waals surface area contributed by atoms with E-state index in [4.69, 9.17) is 13.9 Å². The van der Waals surface area contributed by atoms with Crippen molar-refractivity contribution in [1.29, 1.82) is 0 Å². The second-order valence-corrected chi connectivity index (χ2v) is 7.97. The molecule has 0 spiro atoms. The van der Waals surface area contributed by atoms with Gasteiger partial charge in [0, 0.05) is 19.2 Å². The molecule has 4 aromatic rings. The molecule has 9 heteroatoms. The van der Waals surface area contributed by atoms with Crippen LogP contribution in [0.25, 0.3) is 11.0 Å². The van der Waals surface area contributed by atoms with Gasteiger partial charge in [0.2, 0.25) is 11.2 Å². The lowest BCUT2D eigenvalue weighted by Gasteiger charge is -2.19. The van der Waals surface area contributed by atoms with E-state index in [2.05, 4.69) is 0 Å². The number of phenols is 1. The Morgan fingerprint density at radius 3 is 2.37 bits per heavy atom. The van der Waals surface area contributed by atoms with Crippen LogP contribution in [0.4, 0.5) is 13.2 Å². The highest BCUT2D eigenvalue weighted by molar-refractivity contribution is 5.83. The molecule has 6 nitrogen and oxygen atoms in total. The molecule has 1 aromatic heterocycles. The number of ether oxygens (including phenoxy) is 2. The van der Waals surface area contributed by atoms with E-state index >= 15 is 0 Å². The maximum absolute atomic E-state index is 14.0. The number of fused-ring (bicyclic) bond motifs is 1. The second-order valence-electron chi connectivity index (χ2n) is 7.97. The van der Waals surface area contributed by atoms with Gasteiger partial charge in [0.05, 0.1) is 18.1 Å². The molecule has 0 aliphatic heterocycles.